The number of piperidine rings is 1. The Hall–Kier alpha value is -2.53. The topological polar surface area (TPSA) is 61.4 Å². The second-order valence-corrected chi connectivity index (χ2v) is 7.45. The first-order valence-electron chi connectivity index (χ1n) is 8.72. The molecule has 2 aromatic rings. The Balaban J connectivity index is 1.49. The number of nitrogens with one attached hydrogen (secondary N) is 2. The first kappa shape index (κ1) is 16.9. The van der Waals surface area contributed by atoms with Crippen molar-refractivity contribution in [2.24, 2.45) is 0 Å². The largest absolute Gasteiger partial charge is 0.362 e. The van der Waals surface area contributed by atoms with Gasteiger partial charge in [-0.05, 0) is 37.3 Å². The lowest BCUT2D eigenvalue weighted by atomic mass is 9.92. The van der Waals surface area contributed by atoms with Crippen LogP contribution in [0.25, 0.3) is 0 Å². The summed E-state index contributed by atoms with van der Waals surface area (Å²) in [5.74, 6) is -0.0702. The van der Waals surface area contributed by atoms with Gasteiger partial charge in [-0.15, -0.1) is 0 Å². The highest BCUT2D eigenvalue weighted by molar-refractivity contribution is 6.31. The molecule has 0 aliphatic carbocycles. The van der Waals surface area contributed by atoms with E-state index in [4.69, 9.17) is 11.6 Å². The monoisotopic (exact) mass is 369 g/mol. The van der Waals surface area contributed by atoms with Crippen molar-refractivity contribution in [1.29, 1.82) is 0 Å². The third-order valence-electron chi connectivity index (χ3n) is 5.16. The van der Waals surface area contributed by atoms with Crippen LogP contribution >= 0.6 is 11.6 Å². The van der Waals surface area contributed by atoms with E-state index in [2.05, 4.69) is 10.6 Å². The normalized spacial score (nSPS) is 18.1. The Morgan fingerprint density at radius 3 is 2.46 bits per heavy atom. The van der Waals surface area contributed by atoms with Gasteiger partial charge in [-0.1, -0.05) is 29.3 Å². The summed E-state index contributed by atoms with van der Waals surface area (Å²) in [6.45, 7) is 3.16. The van der Waals surface area contributed by atoms with Crippen molar-refractivity contribution in [1.82, 2.24) is 10.2 Å². The van der Waals surface area contributed by atoms with Crippen LogP contribution < -0.4 is 10.6 Å². The molecule has 2 N–H and O–H groups in total. The SMILES string of the molecule is Cc1ccc(C(=O)N2CCC3(CC2)NC(=O)c2ccc(Cl)cc2N3)cc1. The molecule has 0 atom stereocenters. The smallest absolute Gasteiger partial charge is 0.255 e. The van der Waals surface area contributed by atoms with Crippen molar-refractivity contribution in [2.45, 2.75) is 25.4 Å². The zero-order valence-electron chi connectivity index (χ0n) is 14.5. The van der Waals surface area contributed by atoms with E-state index in [1.54, 1.807) is 18.2 Å². The molecule has 0 saturated carbocycles. The first-order valence-corrected chi connectivity index (χ1v) is 9.10. The van der Waals surface area contributed by atoms with Gasteiger partial charge in [0.15, 0.2) is 0 Å². The van der Waals surface area contributed by atoms with Gasteiger partial charge in [0.05, 0.1) is 11.3 Å². The molecule has 2 heterocycles. The zero-order chi connectivity index (χ0) is 18.3. The lowest BCUT2D eigenvalue weighted by Gasteiger charge is -2.46. The van der Waals surface area contributed by atoms with Gasteiger partial charge in [0, 0.05) is 36.5 Å². The van der Waals surface area contributed by atoms with Crippen LogP contribution in [0, 0.1) is 6.92 Å². The number of benzene rings is 2. The van der Waals surface area contributed by atoms with E-state index in [1.165, 1.54) is 0 Å². The van der Waals surface area contributed by atoms with E-state index in [9.17, 15) is 9.59 Å². The highest BCUT2D eigenvalue weighted by atomic mass is 35.5. The van der Waals surface area contributed by atoms with Crippen LogP contribution in [0.1, 0.15) is 39.1 Å². The van der Waals surface area contributed by atoms with Gasteiger partial charge in [0.2, 0.25) is 0 Å². The molecule has 0 radical (unpaired) electrons. The number of amides is 2. The second kappa shape index (κ2) is 6.32. The van der Waals surface area contributed by atoms with Crippen molar-refractivity contribution in [3.05, 3.63) is 64.2 Å². The highest BCUT2D eigenvalue weighted by Crippen LogP contribution is 2.33. The molecule has 2 amide bonds. The number of aryl methyl sites for hydroxylation is 1. The Kier molecular flexibility index (Phi) is 4.11. The number of hydrogen-bond donors (Lipinski definition) is 2. The summed E-state index contributed by atoms with van der Waals surface area (Å²) in [5, 5.41) is 7.11. The van der Waals surface area contributed by atoms with E-state index in [0.29, 0.717) is 42.1 Å². The number of hydrogen-bond acceptors (Lipinski definition) is 3. The molecule has 1 fully saturated rings. The summed E-state index contributed by atoms with van der Waals surface area (Å²) in [7, 11) is 0. The number of carbonyl (C=O) groups excluding carboxylic acids is 2. The van der Waals surface area contributed by atoms with Crippen LogP contribution in [-0.2, 0) is 0 Å². The minimum atomic E-state index is -0.529. The molecule has 2 aliphatic rings. The Morgan fingerprint density at radius 2 is 1.77 bits per heavy atom. The van der Waals surface area contributed by atoms with Gasteiger partial charge in [-0.25, -0.2) is 0 Å². The minimum absolute atomic E-state index is 0.0328. The first-order chi connectivity index (χ1) is 12.5. The second-order valence-electron chi connectivity index (χ2n) is 7.01. The van der Waals surface area contributed by atoms with Crippen LogP contribution in [0.3, 0.4) is 0 Å². The fourth-order valence-corrected chi connectivity index (χ4v) is 3.78. The number of fused-ring (bicyclic) bond motifs is 1. The van der Waals surface area contributed by atoms with Crippen molar-refractivity contribution in [3.8, 4) is 0 Å². The summed E-state index contributed by atoms with van der Waals surface area (Å²) < 4.78 is 0. The van der Waals surface area contributed by atoms with E-state index in [0.717, 1.165) is 11.3 Å². The molecule has 2 aromatic carbocycles. The van der Waals surface area contributed by atoms with E-state index >= 15 is 0 Å². The molecule has 2 aliphatic heterocycles. The van der Waals surface area contributed by atoms with E-state index in [1.807, 2.05) is 36.1 Å². The molecule has 134 valence electrons. The van der Waals surface area contributed by atoms with E-state index < -0.39 is 5.66 Å². The molecule has 1 saturated heterocycles. The van der Waals surface area contributed by atoms with Crippen LogP contribution in [0.2, 0.25) is 5.02 Å². The summed E-state index contributed by atoms with van der Waals surface area (Å²) in [6.07, 6.45) is 1.28. The molecular formula is C20H20ClN3O2. The van der Waals surface area contributed by atoms with Crippen molar-refractivity contribution in [2.75, 3.05) is 18.4 Å². The van der Waals surface area contributed by atoms with Gasteiger partial charge in [-0.3, -0.25) is 9.59 Å². The van der Waals surface area contributed by atoms with Gasteiger partial charge in [0.1, 0.15) is 5.66 Å². The average Bonchev–Trinajstić information content (AvgIpc) is 2.62. The maximum atomic E-state index is 12.7. The molecule has 6 heteroatoms. The Morgan fingerprint density at radius 1 is 1.08 bits per heavy atom. The van der Waals surface area contributed by atoms with Crippen molar-refractivity contribution >= 4 is 29.1 Å². The summed E-state index contributed by atoms with van der Waals surface area (Å²) in [6, 6.07) is 12.8. The number of halogens is 1. The van der Waals surface area contributed by atoms with Crippen molar-refractivity contribution in [3.63, 3.8) is 0 Å². The Bertz CT molecular complexity index is 871. The van der Waals surface area contributed by atoms with Gasteiger partial charge < -0.3 is 15.5 Å². The molecule has 4 rings (SSSR count). The zero-order valence-corrected chi connectivity index (χ0v) is 15.3. The third-order valence-corrected chi connectivity index (χ3v) is 5.39. The number of rotatable bonds is 1. The van der Waals surface area contributed by atoms with Gasteiger partial charge in [0.25, 0.3) is 11.8 Å². The average molecular weight is 370 g/mol. The fraction of sp³-hybridized carbons (Fsp3) is 0.300. The predicted octanol–water partition coefficient (Wildman–Crippen LogP) is 3.44. The number of likely N-dealkylation sites (tertiary alicyclic amines) is 1. The number of nitrogens with zero attached hydrogens (tertiary/aromatic N) is 1. The molecule has 0 bridgehead atoms. The third kappa shape index (κ3) is 3.03. The van der Waals surface area contributed by atoms with Crippen LogP contribution in [0.15, 0.2) is 42.5 Å². The lowest BCUT2D eigenvalue weighted by Crippen LogP contribution is -2.62. The quantitative estimate of drug-likeness (QED) is 0.809. The molecule has 0 unspecified atom stereocenters. The van der Waals surface area contributed by atoms with Gasteiger partial charge >= 0.3 is 0 Å². The fourth-order valence-electron chi connectivity index (χ4n) is 3.61. The molecule has 1 spiro atoms. The summed E-state index contributed by atoms with van der Waals surface area (Å²) in [5.41, 5.74) is 2.64. The van der Waals surface area contributed by atoms with Crippen molar-refractivity contribution < 1.29 is 9.59 Å². The molecule has 26 heavy (non-hydrogen) atoms. The lowest BCUT2D eigenvalue weighted by molar-refractivity contribution is 0.0639. The highest BCUT2D eigenvalue weighted by Gasteiger charge is 2.41. The van der Waals surface area contributed by atoms with Gasteiger partial charge in [-0.2, -0.15) is 0 Å². The molecule has 5 nitrogen and oxygen atoms in total. The summed E-state index contributed by atoms with van der Waals surface area (Å²) in [4.78, 5) is 27.0. The van der Waals surface area contributed by atoms with Crippen LogP contribution in [-0.4, -0.2) is 35.5 Å². The number of anilines is 1. The Labute approximate surface area is 157 Å². The maximum absolute atomic E-state index is 12.7. The summed E-state index contributed by atoms with van der Waals surface area (Å²) >= 11 is 6.07. The standard InChI is InChI=1S/C20H20ClN3O2/c1-13-2-4-14(5-3-13)19(26)24-10-8-20(9-11-24)22-17-12-15(21)6-7-16(17)18(25)23-20/h2-7,12,22H,8-11H2,1H3,(H,23,25). The van der Waals surface area contributed by atoms with E-state index in [-0.39, 0.29) is 11.8 Å². The number of carbonyl (C=O) groups is 2. The predicted molar refractivity (Wildman–Crippen MR) is 102 cm³/mol. The maximum Gasteiger partial charge on any atom is 0.255 e. The minimum Gasteiger partial charge on any atom is -0.362 e. The van der Waals surface area contributed by atoms with Crippen LogP contribution in [0.4, 0.5) is 5.69 Å². The molecule has 0 aromatic heterocycles. The molecular weight excluding hydrogens is 350 g/mol. The van der Waals surface area contributed by atoms with Crippen LogP contribution in [0.5, 0.6) is 0 Å².